The van der Waals surface area contributed by atoms with Crippen LogP contribution in [0.3, 0.4) is 0 Å². The molecule has 18 heavy (non-hydrogen) atoms. The van der Waals surface area contributed by atoms with Gasteiger partial charge in [0.1, 0.15) is 0 Å². The van der Waals surface area contributed by atoms with Crippen molar-refractivity contribution in [1.82, 2.24) is 10.2 Å². The summed E-state index contributed by atoms with van der Waals surface area (Å²) in [6.07, 6.45) is 1.56. The molecule has 3 N–H and O–H groups in total. The molecule has 0 heterocycles. The fraction of sp³-hybridized carbons (Fsp3) is 0.846. The summed E-state index contributed by atoms with van der Waals surface area (Å²) >= 11 is 4.87. The summed E-state index contributed by atoms with van der Waals surface area (Å²) < 4.78 is 0. The van der Waals surface area contributed by atoms with Gasteiger partial charge in [-0.05, 0) is 34.1 Å². The molecule has 4 nitrogen and oxygen atoms in total. The molecule has 0 bridgehead atoms. The average Bonchev–Trinajstić information content (AvgIpc) is 2.22. The highest BCUT2D eigenvalue weighted by Gasteiger charge is 2.20. The molecule has 0 aliphatic heterocycles. The van der Waals surface area contributed by atoms with Crippen LogP contribution in [0.2, 0.25) is 0 Å². The fourth-order valence-electron chi connectivity index (χ4n) is 1.46. The van der Waals surface area contributed by atoms with Crippen LogP contribution in [-0.4, -0.2) is 40.5 Å². The number of carbonyl (C=O) groups excluding carboxylic acids is 1. The van der Waals surface area contributed by atoms with E-state index in [0.29, 0.717) is 24.0 Å². The number of amides is 1. The molecule has 1 amide bonds. The van der Waals surface area contributed by atoms with E-state index in [1.807, 2.05) is 13.8 Å². The van der Waals surface area contributed by atoms with E-state index in [1.165, 1.54) is 0 Å². The summed E-state index contributed by atoms with van der Waals surface area (Å²) in [4.78, 5) is 14.5. The largest absolute Gasteiger partial charge is 0.393 e. The topological polar surface area (TPSA) is 58.4 Å². The van der Waals surface area contributed by atoms with E-state index < -0.39 is 0 Å². The first-order valence-electron chi connectivity index (χ1n) is 6.51. The SMILES string of the molecule is CCC(C)(C)NC(=O)CN(CCC(N)=S)C(C)C. The molecule has 0 rings (SSSR count). The summed E-state index contributed by atoms with van der Waals surface area (Å²) in [6, 6.07) is 0.301. The lowest BCUT2D eigenvalue weighted by atomic mass is 10.0. The Kier molecular flexibility index (Phi) is 7.40. The van der Waals surface area contributed by atoms with Crippen molar-refractivity contribution < 1.29 is 4.79 Å². The summed E-state index contributed by atoms with van der Waals surface area (Å²) in [5.41, 5.74) is 5.35. The molecule has 0 aromatic heterocycles. The van der Waals surface area contributed by atoms with Crippen LogP contribution in [-0.2, 0) is 4.79 Å². The Morgan fingerprint density at radius 1 is 1.44 bits per heavy atom. The van der Waals surface area contributed by atoms with Crippen LogP contribution in [0.15, 0.2) is 0 Å². The third-order valence-corrected chi connectivity index (χ3v) is 3.29. The Hall–Kier alpha value is -0.680. The Labute approximate surface area is 116 Å². The Bertz CT molecular complexity index is 290. The van der Waals surface area contributed by atoms with Crippen LogP contribution in [0.25, 0.3) is 0 Å². The average molecular weight is 273 g/mol. The highest BCUT2D eigenvalue weighted by Crippen LogP contribution is 2.07. The van der Waals surface area contributed by atoms with Crippen LogP contribution in [0.5, 0.6) is 0 Å². The number of thiocarbonyl (C=S) groups is 1. The lowest BCUT2D eigenvalue weighted by Gasteiger charge is -2.29. The van der Waals surface area contributed by atoms with Gasteiger partial charge in [-0.25, -0.2) is 0 Å². The number of nitrogens with zero attached hydrogens (tertiary/aromatic N) is 1. The molecule has 0 aliphatic carbocycles. The van der Waals surface area contributed by atoms with Crippen molar-refractivity contribution in [1.29, 1.82) is 0 Å². The van der Waals surface area contributed by atoms with Crippen LogP contribution in [0.4, 0.5) is 0 Å². The Morgan fingerprint density at radius 2 is 2.00 bits per heavy atom. The van der Waals surface area contributed by atoms with E-state index in [9.17, 15) is 4.79 Å². The van der Waals surface area contributed by atoms with Crippen LogP contribution in [0.1, 0.15) is 47.5 Å². The predicted molar refractivity (Wildman–Crippen MR) is 80.6 cm³/mol. The Balaban J connectivity index is 4.32. The van der Waals surface area contributed by atoms with Crippen LogP contribution in [0, 0.1) is 0 Å². The first-order valence-corrected chi connectivity index (χ1v) is 6.92. The van der Waals surface area contributed by atoms with Gasteiger partial charge in [0.2, 0.25) is 5.91 Å². The second-order valence-electron chi connectivity index (χ2n) is 5.57. The zero-order chi connectivity index (χ0) is 14.3. The van der Waals surface area contributed by atoms with E-state index in [1.54, 1.807) is 0 Å². The van der Waals surface area contributed by atoms with Crippen molar-refractivity contribution >= 4 is 23.1 Å². The van der Waals surface area contributed by atoms with Crippen molar-refractivity contribution in [3.63, 3.8) is 0 Å². The molecule has 0 saturated carbocycles. The van der Waals surface area contributed by atoms with Gasteiger partial charge in [-0.3, -0.25) is 9.69 Å². The van der Waals surface area contributed by atoms with E-state index in [4.69, 9.17) is 18.0 Å². The van der Waals surface area contributed by atoms with Gasteiger partial charge in [-0.1, -0.05) is 19.1 Å². The number of hydrogen-bond donors (Lipinski definition) is 2. The molecule has 106 valence electrons. The molecular formula is C13H27N3OS. The zero-order valence-electron chi connectivity index (χ0n) is 12.2. The third kappa shape index (κ3) is 7.61. The monoisotopic (exact) mass is 273 g/mol. The lowest BCUT2D eigenvalue weighted by Crippen LogP contribution is -2.49. The van der Waals surface area contributed by atoms with Gasteiger partial charge < -0.3 is 11.1 Å². The van der Waals surface area contributed by atoms with Gasteiger partial charge in [0, 0.05) is 24.5 Å². The second-order valence-corrected chi connectivity index (χ2v) is 6.09. The van der Waals surface area contributed by atoms with Gasteiger partial charge in [0.25, 0.3) is 0 Å². The number of nitrogens with one attached hydrogen (secondary N) is 1. The summed E-state index contributed by atoms with van der Waals surface area (Å²) in [6.45, 7) is 11.4. The molecule has 5 heteroatoms. The van der Waals surface area contributed by atoms with Crippen molar-refractivity contribution in [2.75, 3.05) is 13.1 Å². The minimum Gasteiger partial charge on any atom is -0.393 e. The summed E-state index contributed by atoms with van der Waals surface area (Å²) in [5.74, 6) is 0.0542. The maximum Gasteiger partial charge on any atom is 0.234 e. The van der Waals surface area contributed by atoms with Crippen molar-refractivity contribution in [3.05, 3.63) is 0 Å². The van der Waals surface area contributed by atoms with E-state index in [2.05, 4.69) is 31.0 Å². The smallest absolute Gasteiger partial charge is 0.234 e. The first-order chi connectivity index (χ1) is 8.18. The molecular weight excluding hydrogens is 246 g/mol. The van der Waals surface area contributed by atoms with Gasteiger partial charge >= 0.3 is 0 Å². The molecule has 0 spiro atoms. The van der Waals surface area contributed by atoms with E-state index in [-0.39, 0.29) is 11.4 Å². The molecule has 0 aromatic rings. The molecule has 0 atom stereocenters. The normalized spacial score (nSPS) is 11.9. The first kappa shape index (κ1) is 17.3. The molecule has 0 unspecified atom stereocenters. The molecule has 0 radical (unpaired) electrons. The number of nitrogens with two attached hydrogens (primary N) is 1. The van der Waals surface area contributed by atoms with Crippen molar-refractivity contribution in [2.45, 2.75) is 59.0 Å². The number of carbonyl (C=O) groups is 1. The molecule has 0 aliphatic rings. The number of hydrogen-bond acceptors (Lipinski definition) is 3. The van der Waals surface area contributed by atoms with Crippen LogP contribution >= 0.6 is 12.2 Å². The zero-order valence-corrected chi connectivity index (χ0v) is 13.1. The second kappa shape index (κ2) is 7.69. The Morgan fingerprint density at radius 3 is 2.39 bits per heavy atom. The van der Waals surface area contributed by atoms with Gasteiger partial charge in [0.05, 0.1) is 11.5 Å². The summed E-state index contributed by atoms with van der Waals surface area (Å²) in [7, 11) is 0. The standard InChI is InChI=1S/C13H27N3OS/c1-6-13(4,5)15-12(17)9-16(10(2)3)8-7-11(14)18/h10H,6-9H2,1-5H3,(H2,14,18)(H,15,17). The number of rotatable bonds is 8. The highest BCUT2D eigenvalue weighted by molar-refractivity contribution is 7.80. The minimum absolute atomic E-state index is 0.0542. The third-order valence-electron chi connectivity index (χ3n) is 3.08. The maximum atomic E-state index is 12.0. The van der Waals surface area contributed by atoms with Crippen molar-refractivity contribution in [3.8, 4) is 0 Å². The van der Waals surface area contributed by atoms with E-state index >= 15 is 0 Å². The quantitative estimate of drug-likeness (QED) is 0.661. The molecule has 0 aromatic carbocycles. The van der Waals surface area contributed by atoms with Gasteiger partial charge in [-0.15, -0.1) is 0 Å². The maximum absolute atomic E-state index is 12.0. The summed E-state index contributed by atoms with van der Waals surface area (Å²) in [5, 5.41) is 3.03. The molecule has 0 fully saturated rings. The fourth-order valence-corrected chi connectivity index (χ4v) is 1.55. The van der Waals surface area contributed by atoms with Gasteiger partial charge in [-0.2, -0.15) is 0 Å². The predicted octanol–water partition coefficient (Wildman–Crippen LogP) is 1.68. The van der Waals surface area contributed by atoms with E-state index in [0.717, 1.165) is 13.0 Å². The molecule has 0 saturated heterocycles. The van der Waals surface area contributed by atoms with Gasteiger partial charge in [0.15, 0.2) is 0 Å². The minimum atomic E-state index is -0.150. The lowest BCUT2D eigenvalue weighted by molar-refractivity contribution is -0.124. The van der Waals surface area contributed by atoms with Crippen LogP contribution < -0.4 is 11.1 Å². The van der Waals surface area contributed by atoms with Crippen molar-refractivity contribution in [2.24, 2.45) is 5.73 Å². The highest BCUT2D eigenvalue weighted by atomic mass is 32.1.